The Morgan fingerprint density at radius 2 is 1.83 bits per heavy atom. The molecule has 8 rings (SSSR count). The summed E-state index contributed by atoms with van der Waals surface area (Å²) in [4.78, 5) is 40.3. The highest BCUT2D eigenvalue weighted by atomic mass is 32.2. The molecule has 2 aromatic heterocycles. The van der Waals surface area contributed by atoms with Gasteiger partial charge in [0.1, 0.15) is 16.5 Å². The van der Waals surface area contributed by atoms with Crippen molar-refractivity contribution >= 4 is 50.3 Å². The lowest BCUT2D eigenvalue weighted by Crippen LogP contribution is -2.57. The second-order valence-corrected chi connectivity index (χ2v) is 15.6. The molecule has 0 radical (unpaired) electrons. The van der Waals surface area contributed by atoms with E-state index < -0.39 is 33.2 Å². The van der Waals surface area contributed by atoms with Crippen molar-refractivity contribution in [2.45, 2.75) is 48.7 Å². The Kier molecular flexibility index (Phi) is 8.15. The van der Waals surface area contributed by atoms with Gasteiger partial charge in [0.15, 0.2) is 9.84 Å². The number of piperazine rings is 1. The van der Waals surface area contributed by atoms with E-state index in [1.54, 1.807) is 0 Å². The summed E-state index contributed by atoms with van der Waals surface area (Å²) >= 11 is 0.693. The van der Waals surface area contributed by atoms with E-state index in [1.807, 2.05) is 24.1 Å². The lowest BCUT2D eigenvalue weighted by molar-refractivity contribution is -0.137. The topological polar surface area (TPSA) is 128 Å². The molecule has 250 valence electrons. The lowest BCUT2D eigenvalue weighted by atomic mass is 10.0. The number of rotatable bonds is 1. The summed E-state index contributed by atoms with van der Waals surface area (Å²) in [5.41, 5.74) is 0.976. The molecule has 5 aliphatic rings. The fourth-order valence-electron chi connectivity index (χ4n) is 6.37. The molecule has 2 N–H and O–H groups in total. The quantitative estimate of drug-likeness (QED) is 0.388. The van der Waals surface area contributed by atoms with Crippen LogP contribution in [0.4, 0.5) is 30.5 Å². The number of fused-ring (bicyclic) bond motifs is 7. The van der Waals surface area contributed by atoms with Gasteiger partial charge in [0.25, 0.3) is 5.91 Å². The van der Waals surface area contributed by atoms with Gasteiger partial charge in [-0.15, -0.1) is 11.3 Å². The Hall–Kier alpha value is -3.76. The van der Waals surface area contributed by atoms with Gasteiger partial charge in [-0.25, -0.2) is 18.4 Å². The largest absolute Gasteiger partial charge is 0.420 e. The van der Waals surface area contributed by atoms with Crippen molar-refractivity contribution < 1.29 is 31.2 Å². The number of sulfone groups is 1. The van der Waals surface area contributed by atoms with Crippen LogP contribution in [0.1, 0.15) is 52.4 Å². The molecule has 1 atom stereocenters. The number of carbonyl (C=O) groups excluding carboxylic acids is 2. The number of likely N-dealkylation sites (N-methyl/N-ethyl adjacent to an activating group) is 1. The number of hydrogen-bond acceptors (Lipinski definition) is 10. The SMILES string of the molecule is CN1CCN2CC1C(=O)NCCCCN1CCS(=O)(=O)c3cc(sc3C1=O)-c1nc(ncc1C(F)(F)F)Nc1ccc2cc1C1CC1. The van der Waals surface area contributed by atoms with Crippen LogP contribution >= 0.6 is 11.3 Å². The van der Waals surface area contributed by atoms with Crippen molar-refractivity contribution in [2.75, 3.05) is 62.3 Å². The smallest absolute Gasteiger partial charge is 0.368 e. The lowest BCUT2D eigenvalue weighted by Gasteiger charge is -2.40. The van der Waals surface area contributed by atoms with Gasteiger partial charge in [-0.3, -0.25) is 14.5 Å². The molecule has 6 heterocycles. The van der Waals surface area contributed by atoms with E-state index in [4.69, 9.17) is 0 Å². The molecule has 2 fully saturated rings. The van der Waals surface area contributed by atoms with Crippen LogP contribution in [0.3, 0.4) is 0 Å². The predicted octanol–water partition coefficient (Wildman–Crippen LogP) is 4.10. The average Bonchev–Trinajstić information content (AvgIpc) is 3.78. The van der Waals surface area contributed by atoms with Crippen LogP contribution < -0.4 is 15.5 Å². The molecule has 9 bridgehead atoms. The molecule has 11 nitrogen and oxygen atoms in total. The Morgan fingerprint density at radius 3 is 2.60 bits per heavy atom. The molecule has 16 heteroatoms. The average molecular weight is 690 g/mol. The summed E-state index contributed by atoms with van der Waals surface area (Å²) in [7, 11) is -2.04. The summed E-state index contributed by atoms with van der Waals surface area (Å²) in [6.07, 6.45) is -1.15. The van der Waals surface area contributed by atoms with Gasteiger partial charge in [-0.05, 0) is 68.5 Å². The van der Waals surface area contributed by atoms with Crippen molar-refractivity contribution in [1.29, 1.82) is 0 Å². The number of anilines is 3. The van der Waals surface area contributed by atoms with Crippen LogP contribution in [0.25, 0.3) is 10.6 Å². The first-order chi connectivity index (χ1) is 22.4. The van der Waals surface area contributed by atoms with Crippen molar-refractivity contribution in [1.82, 2.24) is 25.1 Å². The van der Waals surface area contributed by atoms with Crippen LogP contribution in [-0.4, -0.2) is 98.1 Å². The number of carbonyl (C=O) groups is 2. The first kappa shape index (κ1) is 31.8. The van der Waals surface area contributed by atoms with E-state index in [9.17, 15) is 31.2 Å². The first-order valence-corrected chi connectivity index (χ1v) is 18.1. The highest BCUT2D eigenvalue weighted by Crippen LogP contribution is 2.46. The summed E-state index contributed by atoms with van der Waals surface area (Å²) < 4.78 is 69.3. The third-order valence-corrected chi connectivity index (χ3v) is 12.2. The number of benzene rings is 1. The standard InChI is InChI=1S/C31H34F3N7O4S2/c1-39-10-11-41-17-23(39)28(42)35-8-2-3-9-40-12-13-47(44,45)25-15-24(46-27(25)29(40)43)26-21(31(32,33)34)16-36-30(38-26)37-22-7-6-19(41)14-20(22)18-4-5-18/h6-7,14-16,18,23H,2-5,8-13,17H2,1H3,(H,35,42)(H,36,37,38). The van der Waals surface area contributed by atoms with E-state index in [1.165, 1.54) is 4.90 Å². The van der Waals surface area contributed by atoms with Gasteiger partial charge >= 0.3 is 6.18 Å². The van der Waals surface area contributed by atoms with Crippen LogP contribution in [0.2, 0.25) is 0 Å². The number of thiophene rings is 1. The molecule has 1 aliphatic carbocycles. The Labute approximate surface area is 274 Å². The normalized spacial score (nSPS) is 22.3. The van der Waals surface area contributed by atoms with Crippen LogP contribution in [0.15, 0.2) is 35.4 Å². The minimum absolute atomic E-state index is 0.0376. The van der Waals surface area contributed by atoms with Crippen molar-refractivity contribution in [3.8, 4) is 10.6 Å². The Balaban J connectivity index is 1.33. The summed E-state index contributed by atoms with van der Waals surface area (Å²) in [6.45, 7) is 2.50. The molecule has 1 saturated carbocycles. The van der Waals surface area contributed by atoms with Gasteiger partial charge in [-0.2, -0.15) is 13.2 Å². The number of hydrogen-bond donors (Lipinski definition) is 2. The molecule has 1 saturated heterocycles. The van der Waals surface area contributed by atoms with E-state index >= 15 is 0 Å². The van der Waals surface area contributed by atoms with Crippen LogP contribution in [0, 0.1) is 0 Å². The number of alkyl halides is 3. The first-order valence-electron chi connectivity index (χ1n) is 15.6. The molecule has 1 unspecified atom stereocenters. The van der Waals surface area contributed by atoms with Crippen molar-refractivity contribution in [3.63, 3.8) is 0 Å². The minimum atomic E-state index is -4.83. The maximum Gasteiger partial charge on any atom is 0.420 e. The van der Waals surface area contributed by atoms with Gasteiger partial charge in [0.2, 0.25) is 11.9 Å². The summed E-state index contributed by atoms with van der Waals surface area (Å²) in [5, 5.41) is 6.14. The maximum absolute atomic E-state index is 14.3. The molecule has 1 aromatic carbocycles. The Morgan fingerprint density at radius 1 is 1.02 bits per heavy atom. The van der Waals surface area contributed by atoms with Gasteiger partial charge in [-0.1, -0.05) is 0 Å². The van der Waals surface area contributed by atoms with E-state index in [0.29, 0.717) is 55.7 Å². The molecule has 4 aliphatic heterocycles. The molecule has 2 amide bonds. The number of nitrogens with one attached hydrogen (secondary N) is 2. The zero-order valence-corrected chi connectivity index (χ0v) is 27.3. The maximum atomic E-state index is 14.3. The van der Waals surface area contributed by atoms with Gasteiger partial charge < -0.3 is 20.4 Å². The van der Waals surface area contributed by atoms with Gasteiger partial charge in [0, 0.05) is 56.8 Å². The van der Waals surface area contributed by atoms with Crippen molar-refractivity contribution in [3.05, 3.63) is 46.5 Å². The summed E-state index contributed by atoms with van der Waals surface area (Å²) in [5.74, 6) is -0.812. The number of nitrogens with zero attached hydrogens (tertiary/aromatic N) is 5. The fraction of sp³-hybridized carbons (Fsp3) is 0.484. The van der Waals surface area contributed by atoms with Crippen LogP contribution in [0.5, 0.6) is 0 Å². The number of halogens is 3. The predicted molar refractivity (Wildman–Crippen MR) is 171 cm³/mol. The molecular weight excluding hydrogens is 656 g/mol. The third kappa shape index (κ3) is 6.29. The molecular formula is C31H34F3N7O4S2. The van der Waals surface area contributed by atoms with E-state index in [0.717, 1.165) is 36.7 Å². The highest BCUT2D eigenvalue weighted by molar-refractivity contribution is 7.91. The summed E-state index contributed by atoms with van der Waals surface area (Å²) in [6, 6.07) is 6.61. The van der Waals surface area contributed by atoms with Crippen LogP contribution in [-0.2, 0) is 20.8 Å². The minimum Gasteiger partial charge on any atom is -0.368 e. The zero-order chi connectivity index (χ0) is 33.1. The van der Waals surface area contributed by atoms with E-state index in [-0.39, 0.29) is 57.3 Å². The molecule has 0 spiro atoms. The van der Waals surface area contributed by atoms with E-state index in [2.05, 4.69) is 31.6 Å². The fourth-order valence-corrected chi connectivity index (χ4v) is 9.32. The highest BCUT2D eigenvalue weighted by Gasteiger charge is 2.39. The zero-order valence-electron chi connectivity index (χ0n) is 25.6. The van der Waals surface area contributed by atoms with Crippen molar-refractivity contribution in [2.24, 2.45) is 0 Å². The monoisotopic (exact) mass is 689 g/mol. The van der Waals surface area contributed by atoms with Gasteiger partial charge in [0.05, 0.1) is 21.2 Å². The number of amides is 2. The molecule has 47 heavy (non-hydrogen) atoms. The second-order valence-electron chi connectivity index (χ2n) is 12.5. The Bertz CT molecular complexity index is 1840. The molecule has 3 aromatic rings. The number of aromatic nitrogens is 2. The second kappa shape index (κ2) is 12.0. The third-order valence-electron chi connectivity index (χ3n) is 9.24.